The number of benzene rings is 2. The van der Waals surface area contributed by atoms with Crippen LogP contribution in [0, 0.1) is 23.3 Å². The SMILES string of the molecule is Nc1cc(Oc2c(F)cc(C(F)(F)F)cc2F)c(F)cc1F. The number of rotatable bonds is 2. The van der Waals surface area contributed by atoms with Crippen LogP contribution in [0.5, 0.6) is 11.5 Å². The highest BCUT2D eigenvalue weighted by molar-refractivity contribution is 5.48. The van der Waals surface area contributed by atoms with E-state index in [1.165, 1.54) is 0 Å². The van der Waals surface area contributed by atoms with Crippen molar-refractivity contribution in [2.45, 2.75) is 6.18 Å². The van der Waals surface area contributed by atoms with Crippen LogP contribution in [-0.2, 0) is 6.18 Å². The predicted molar refractivity (Wildman–Crippen MR) is 62.2 cm³/mol. The van der Waals surface area contributed by atoms with E-state index in [0.29, 0.717) is 12.1 Å². The summed E-state index contributed by atoms with van der Waals surface area (Å²) >= 11 is 0. The highest BCUT2D eigenvalue weighted by atomic mass is 19.4. The molecule has 0 heterocycles. The van der Waals surface area contributed by atoms with E-state index in [4.69, 9.17) is 5.73 Å². The lowest BCUT2D eigenvalue weighted by Gasteiger charge is -2.12. The molecule has 0 aromatic heterocycles. The molecule has 0 atom stereocenters. The van der Waals surface area contributed by atoms with Crippen LogP contribution in [-0.4, -0.2) is 0 Å². The first-order valence-electron chi connectivity index (χ1n) is 5.58. The molecule has 2 aromatic rings. The van der Waals surface area contributed by atoms with Gasteiger partial charge in [-0.05, 0) is 12.1 Å². The van der Waals surface area contributed by atoms with Crippen molar-refractivity contribution in [1.82, 2.24) is 0 Å². The van der Waals surface area contributed by atoms with E-state index in [-0.39, 0.29) is 12.1 Å². The highest BCUT2D eigenvalue weighted by Crippen LogP contribution is 2.36. The van der Waals surface area contributed by atoms with Gasteiger partial charge in [0.2, 0.25) is 0 Å². The number of hydrogen-bond donors (Lipinski definition) is 1. The zero-order valence-corrected chi connectivity index (χ0v) is 10.4. The molecule has 0 fully saturated rings. The summed E-state index contributed by atoms with van der Waals surface area (Å²) in [6, 6.07) is 0.901. The van der Waals surface area contributed by atoms with Crippen molar-refractivity contribution in [3.05, 3.63) is 53.1 Å². The first-order chi connectivity index (χ1) is 10.1. The second-order valence-electron chi connectivity index (χ2n) is 4.17. The second-order valence-corrected chi connectivity index (χ2v) is 4.17. The lowest BCUT2D eigenvalue weighted by atomic mass is 10.2. The topological polar surface area (TPSA) is 35.2 Å². The third-order valence-corrected chi connectivity index (χ3v) is 2.59. The molecule has 2 N–H and O–H groups in total. The van der Waals surface area contributed by atoms with E-state index in [2.05, 4.69) is 4.74 Å². The molecule has 0 bridgehead atoms. The van der Waals surface area contributed by atoms with E-state index >= 15 is 0 Å². The van der Waals surface area contributed by atoms with E-state index in [0.717, 1.165) is 0 Å². The molecule has 2 aromatic carbocycles. The normalized spacial score (nSPS) is 11.6. The number of hydrogen-bond acceptors (Lipinski definition) is 2. The maximum Gasteiger partial charge on any atom is 0.416 e. The Bertz CT molecular complexity index is 704. The van der Waals surface area contributed by atoms with Gasteiger partial charge in [0.25, 0.3) is 0 Å². The average Bonchev–Trinajstić information content (AvgIpc) is 2.38. The molecule has 118 valence electrons. The van der Waals surface area contributed by atoms with Gasteiger partial charge in [-0.15, -0.1) is 0 Å². The number of halogens is 7. The molecular formula is C13H6F7NO. The first-order valence-corrected chi connectivity index (χ1v) is 5.58. The van der Waals surface area contributed by atoms with E-state index in [1.807, 2.05) is 0 Å². The highest BCUT2D eigenvalue weighted by Gasteiger charge is 2.33. The average molecular weight is 325 g/mol. The molecule has 9 heteroatoms. The van der Waals surface area contributed by atoms with E-state index < -0.39 is 52.2 Å². The molecule has 0 amide bonds. The fourth-order valence-corrected chi connectivity index (χ4v) is 1.55. The molecule has 0 aliphatic carbocycles. The van der Waals surface area contributed by atoms with Gasteiger partial charge in [0.1, 0.15) is 5.82 Å². The minimum atomic E-state index is -4.97. The van der Waals surface area contributed by atoms with Crippen LogP contribution in [0.15, 0.2) is 24.3 Å². The van der Waals surface area contributed by atoms with Crippen molar-refractivity contribution in [3.8, 4) is 11.5 Å². The Kier molecular flexibility index (Phi) is 3.90. The summed E-state index contributed by atoms with van der Waals surface area (Å²) in [5, 5.41) is 0. The zero-order chi connectivity index (χ0) is 16.7. The number of alkyl halides is 3. The molecule has 22 heavy (non-hydrogen) atoms. The lowest BCUT2D eigenvalue weighted by molar-refractivity contribution is -0.138. The van der Waals surface area contributed by atoms with Crippen LogP contribution in [0.4, 0.5) is 36.4 Å². The van der Waals surface area contributed by atoms with Gasteiger partial charge in [-0.2, -0.15) is 13.2 Å². The standard InChI is InChI=1S/C13H6F7NO/c14-6-3-7(15)11(4-10(6)21)22-12-8(16)1-5(2-9(12)17)13(18,19)20/h1-4H,21H2. The van der Waals surface area contributed by atoms with Crippen molar-refractivity contribution in [2.24, 2.45) is 0 Å². The van der Waals surface area contributed by atoms with Crippen molar-refractivity contribution >= 4 is 5.69 Å². The summed E-state index contributed by atoms with van der Waals surface area (Å²) in [5.41, 5.74) is 3.00. The lowest BCUT2D eigenvalue weighted by Crippen LogP contribution is -2.07. The molecule has 0 saturated carbocycles. The molecular weight excluding hydrogens is 319 g/mol. The van der Waals surface area contributed by atoms with Crippen LogP contribution < -0.4 is 10.5 Å². The van der Waals surface area contributed by atoms with Crippen molar-refractivity contribution < 1.29 is 35.5 Å². The van der Waals surface area contributed by atoms with Gasteiger partial charge in [0, 0.05) is 12.1 Å². The van der Waals surface area contributed by atoms with Crippen molar-refractivity contribution in [3.63, 3.8) is 0 Å². The van der Waals surface area contributed by atoms with Gasteiger partial charge < -0.3 is 10.5 Å². The molecule has 2 nitrogen and oxygen atoms in total. The van der Waals surface area contributed by atoms with Crippen LogP contribution in [0.1, 0.15) is 5.56 Å². The second kappa shape index (κ2) is 5.39. The summed E-state index contributed by atoms with van der Waals surface area (Å²) in [7, 11) is 0. The summed E-state index contributed by atoms with van der Waals surface area (Å²) < 4.78 is 95.1. The minimum absolute atomic E-state index is 0.0107. The van der Waals surface area contributed by atoms with Gasteiger partial charge in [-0.3, -0.25) is 0 Å². The molecule has 0 aliphatic rings. The minimum Gasteiger partial charge on any atom is -0.448 e. The maximum atomic E-state index is 13.5. The van der Waals surface area contributed by atoms with Crippen LogP contribution in [0.25, 0.3) is 0 Å². The van der Waals surface area contributed by atoms with Crippen LogP contribution >= 0.6 is 0 Å². The molecule has 0 saturated heterocycles. The number of ether oxygens (including phenoxy) is 1. The summed E-state index contributed by atoms with van der Waals surface area (Å²) in [6.45, 7) is 0. The van der Waals surface area contributed by atoms with Gasteiger partial charge in [0.15, 0.2) is 29.0 Å². The molecule has 2 rings (SSSR count). The van der Waals surface area contributed by atoms with Gasteiger partial charge >= 0.3 is 6.18 Å². The van der Waals surface area contributed by atoms with E-state index in [1.54, 1.807) is 0 Å². The monoisotopic (exact) mass is 325 g/mol. The number of nitrogen functional groups attached to an aromatic ring is 1. The Balaban J connectivity index is 2.45. The Morgan fingerprint density at radius 2 is 1.32 bits per heavy atom. The smallest absolute Gasteiger partial charge is 0.416 e. The largest absolute Gasteiger partial charge is 0.448 e. The third kappa shape index (κ3) is 3.07. The van der Waals surface area contributed by atoms with Gasteiger partial charge in [-0.1, -0.05) is 0 Å². The Morgan fingerprint density at radius 1 is 0.773 bits per heavy atom. The summed E-state index contributed by atoms with van der Waals surface area (Å²) in [6.07, 6.45) is -4.97. The van der Waals surface area contributed by atoms with Crippen LogP contribution in [0.2, 0.25) is 0 Å². The quantitative estimate of drug-likeness (QED) is 0.645. The van der Waals surface area contributed by atoms with Gasteiger partial charge in [0.05, 0.1) is 11.3 Å². The number of nitrogens with two attached hydrogens (primary N) is 1. The van der Waals surface area contributed by atoms with Crippen molar-refractivity contribution in [1.29, 1.82) is 0 Å². The maximum absolute atomic E-state index is 13.5. The molecule has 0 radical (unpaired) electrons. The Morgan fingerprint density at radius 3 is 1.82 bits per heavy atom. The van der Waals surface area contributed by atoms with Crippen molar-refractivity contribution in [2.75, 3.05) is 5.73 Å². The third-order valence-electron chi connectivity index (χ3n) is 2.59. The predicted octanol–water partition coefficient (Wildman–Crippen LogP) is 4.64. The summed E-state index contributed by atoms with van der Waals surface area (Å²) in [4.78, 5) is 0. The molecule has 0 aliphatic heterocycles. The molecule has 0 spiro atoms. The Labute approximate surface area is 118 Å². The zero-order valence-electron chi connectivity index (χ0n) is 10.4. The number of anilines is 1. The first kappa shape index (κ1) is 15.9. The molecule has 0 unspecified atom stereocenters. The fraction of sp³-hybridized carbons (Fsp3) is 0.0769. The summed E-state index contributed by atoms with van der Waals surface area (Å²) in [5.74, 6) is -7.96. The van der Waals surface area contributed by atoms with E-state index in [9.17, 15) is 30.7 Å². The fourth-order valence-electron chi connectivity index (χ4n) is 1.55. The Hall–Kier alpha value is -2.45. The van der Waals surface area contributed by atoms with Crippen LogP contribution in [0.3, 0.4) is 0 Å². The van der Waals surface area contributed by atoms with Gasteiger partial charge in [-0.25, -0.2) is 17.6 Å².